The topological polar surface area (TPSA) is 69.3 Å². The Kier molecular flexibility index (Phi) is 3.66. The van der Waals surface area contributed by atoms with E-state index in [0.29, 0.717) is 35.8 Å². The van der Waals surface area contributed by atoms with Crippen LogP contribution in [0.1, 0.15) is 11.1 Å². The Morgan fingerprint density at radius 3 is 1.83 bits per heavy atom. The summed E-state index contributed by atoms with van der Waals surface area (Å²) in [5.74, 6) is 1.06. The average Bonchev–Trinajstić information content (AvgIpc) is 2.47. The highest BCUT2D eigenvalue weighted by atomic mass is 16.5. The lowest BCUT2D eigenvalue weighted by Crippen LogP contribution is -2.27. The molecule has 92 valence electrons. The second-order valence-electron chi connectivity index (χ2n) is 4.07. The standard InChI is InChI=1S/C13H13N3O2/c1-16-2-4-17-12-6-10(8-14)11(9-15)7-13(12)18-5-3-16/h6-7H,2-5H2,1H3. The van der Waals surface area contributed by atoms with E-state index in [-0.39, 0.29) is 0 Å². The molecule has 5 heteroatoms. The van der Waals surface area contributed by atoms with Crippen LogP contribution in [0.25, 0.3) is 0 Å². The van der Waals surface area contributed by atoms with Gasteiger partial charge in [0.05, 0.1) is 11.1 Å². The van der Waals surface area contributed by atoms with Gasteiger partial charge in [-0.25, -0.2) is 0 Å². The molecule has 0 aromatic heterocycles. The van der Waals surface area contributed by atoms with Crippen molar-refractivity contribution in [3.05, 3.63) is 23.3 Å². The van der Waals surface area contributed by atoms with Crippen LogP contribution in [0.2, 0.25) is 0 Å². The predicted molar refractivity (Wildman–Crippen MR) is 64.4 cm³/mol. The average molecular weight is 243 g/mol. The van der Waals surface area contributed by atoms with Crippen LogP contribution < -0.4 is 9.47 Å². The first-order valence-corrected chi connectivity index (χ1v) is 5.67. The molecule has 2 rings (SSSR count). The highest BCUT2D eigenvalue weighted by Crippen LogP contribution is 2.31. The molecule has 0 saturated carbocycles. The molecule has 0 atom stereocenters. The van der Waals surface area contributed by atoms with Gasteiger partial charge in [-0.3, -0.25) is 4.90 Å². The Morgan fingerprint density at radius 1 is 1.00 bits per heavy atom. The Bertz CT molecular complexity index is 481. The summed E-state index contributed by atoms with van der Waals surface area (Å²) in [7, 11) is 1.99. The third-order valence-corrected chi connectivity index (χ3v) is 2.79. The van der Waals surface area contributed by atoms with Crippen LogP contribution in [0.15, 0.2) is 12.1 Å². The van der Waals surface area contributed by atoms with Crippen molar-refractivity contribution in [2.45, 2.75) is 0 Å². The first-order chi connectivity index (χ1) is 8.74. The van der Waals surface area contributed by atoms with Gasteiger partial charge in [-0.15, -0.1) is 0 Å². The number of hydrogen-bond donors (Lipinski definition) is 0. The molecule has 1 aliphatic rings. The summed E-state index contributed by atoms with van der Waals surface area (Å²) in [6.45, 7) is 2.66. The smallest absolute Gasteiger partial charge is 0.162 e. The van der Waals surface area contributed by atoms with Gasteiger partial charge in [0.25, 0.3) is 0 Å². The van der Waals surface area contributed by atoms with Gasteiger partial charge in [0.15, 0.2) is 11.5 Å². The summed E-state index contributed by atoms with van der Waals surface area (Å²) < 4.78 is 11.2. The van der Waals surface area contributed by atoms with Crippen molar-refractivity contribution < 1.29 is 9.47 Å². The van der Waals surface area contributed by atoms with E-state index in [4.69, 9.17) is 20.0 Å². The first-order valence-electron chi connectivity index (χ1n) is 5.67. The van der Waals surface area contributed by atoms with E-state index in [1.54, 1.807) is 12.1 Å². The van der Waals surface area contributed by atoms with Gasteiger partial charge in [-0.1, -0.05) is 0 Å². The van der Waals surface area contributed by atoms with Gasteiger partial charge in [0.1, 0.15) is 25.4 Å². The number of rotatable bonds is 0. The third kappa shape index (κ3) is 2.53. The summed E-state index contributed by atoms with van der Waals surface area (Å²) in [5.41, 5.74) is 0.625. The van der Waals surface area contributed by atoms with Crippen molar-refractivity contribution >= 4 is 0 Å². The summed E-state index contributed by atoms with van der Waals surface area (Å²) in [5, 5.41) is 17.9. The molecule has 0 amide bonds. The largest absolute Gasteiger partial charge is 0.488 e. The van der Waals surface area contributed by atoms with Crippen molar-refractivity contribution in [3.8, 4) is 23.6 Å². The number of nitriles is 2. The molecule has 0 fully saturated rings. The van der Waals surface area contributed by atoms with Crippen molar-refractivity contribution in [1.29, 1.82) is 10.5 Å². The zero-order valence-corrected chi connectivity index (χ0v) is 10.1. The monoisotopic (exact) mass is 243 g/mol. The normalized spacial score (nSPS) is 15.7. The maximum Gasteiger partial charge on any atom is 0.162 e. The van der Waals surface area contributed by atoms with E-state index >= 15 is 0 Å². The number of nitrogens with zero attached hydrogens (tertiary/aromatic N) is 3. The van der Waals surface area contributed by atoms with Gasteiger partial charge < -0.3 is 9.47 Å². The molecule has 18 heavy (non-hydrogen) atoms. The first kappa shape index (κ1) is 12.2. The fraction of sp³-hybridized carbons (Fsp3) is 0.385. The number of hydrogen-bond acceptors (Lipinski definition) is 5. The van der Waals surface area contributed by atoms with Crippen molar-refractivity contribution in [3.63, 3.8) is 0 Å². The fourth-order valence-electron chi connectivity index (χ4n) is 1.71. The fourth-order valence-corrected chi connectivity index (χ4v) is 1.71. The zero-order chi connectivity index (χ0) is 13.0. The molecule has 1 heterocycles. The molecule has 5 nitrogen and oxygen atoms in total. The number of ether oxygens (including phenoxy) is 2. The highest BCUT2D eigenvalue weighted by Gasteiger charge is 2.14. The molecule has 0 radical (unpaired) electrons. The van der Waals surface area contributed by atoms with Crippen molar-refractivity contribution in [1.82, 2.24) is 4.90 Å². The number of likely N-dealkylation sites (N-methyl/N-ethyl adjacent to an activating group) is 1. The maximum absolute atomic E-state index is 8.97. The Morgan fingerprint density at radius 2 is 1.44 bits per heavy atom. The van der Waals surface area contributed by atoms with Gasteiger partial charge in [0, 0.05) is 25.2 Å². The predicted octanol–water partition coefficient (Wildman–Crippen LogP) is 1.13. The van der Waals surface area contributed by atoms with E-state index < -0.39 is 0 Å². The molecule has 0 bridgehead atoms. The second-order valence-corrected chi connectivity index (χ2v) is 4.07. The van der Waals surface area contributed by atoms with Crippen LogP contribution in [0.4, 0.5) is 0 Å². The zero-order valence-electron chi connectivity index (χ0n) is 10.1. The Labute approximate surface area is 106 Å². The van der Waals surface area contributed by atoms with Crippen LogP contribution in [0.5, 0.6) is 11.5 Å². The molecule has 0 unspecified atom stereocenters. The minimum atomic E-state index is 0.312. The third-order valence-electron chi connectivity index (χ3n) is 2.79. The summed E-state index contributed by atoms with van der Waals surface area (Å²) in [4.78, 5) is 2.10. The number of fused-ring (bicyclic) bond motifs is 1. The van der Waals surface area contributed by atoms with Gasteiger partial charge in [-0.05, 0) is 7.05 Å². The number of benzene rings is 1. The molecular formula is C13H13N3O2. The molecule has 0 saturated heterocycles. The van der Waals surface area contributed by atoms with Gasteiger partial charge >= 0.3 is 0 Å². The molecule has 0 N–H and O–H groups in total. The molecule has 1 aliphatic heterocycles. The molecule has 0 aliphatic carbocycles. The van der Waals surface area contributed by atoms with Crippen LogP contribution in [0.3, 0.4) is 0 Å². The van der Waals surface area contributed by atoms with E-state index in [1.165, 1.54) is 0 Å². The van der Waals surface area contributed by atoms with Gasteiger partial charge in [-0.2, -0.15) is 10.5 Å². The Balaban J connectivity index is 2.37. The van der Waals surface area contributed by atoms with E-state index in [2.05, 4.69) is 4.90 Å². The Hall–Kier alpha value is -2.24. The second kappa shape index (κ2) is 5.39. The summed E-state index contributed by atoms with van der Waals surface area (Å²) in [6, 6.07) is 7.11. The summed E-state index contributed by atoms with van der Waals surface area (Å²) in [6.07, 6.45) is 0. The molecule has 1 aromatic rings. The van der Waals surface area contributed by atoms with Crippen LogP contribution in [-0.2, 0) is 0 Å². The lowest BCUT2D eigenvalue weighted by atomic mass is 10.1. The lowest BCUT2D eigenvalue weighted by Gasteiger charge is -2.13. The van der Waals surface area contributed by atoms with Crippen LogP contribution in [0, 0.1) is 22.7 Å². The lowest BCUT2D eigenvalue weighted by molar-refractivity contribution is 0.228. The minimum Gasteiger partial charge on any atom is -0.488 e. The molecule has 1 aromatic carbocycles. The van der Waals surface area contributed by atoms with E-state index in [1.807, 2.05) is 19.2 Å². The highest BCUT2D eigenvalue weighted by molar-refractivity contribution is 5.56. The van der Waals surface area contributed by atoms with Crippen molar-refractivity contribution in [2.75, 3.05) is 33.4 Å². The molecule has 0 spiro atoms. The minimum absolute atomic E-state index is 0.312. The van der Waals surface area contributed by atoms with Crippen molar-refractivity contribution in [2.24, 2.45) is 0 Å². The summed E-state index contributed by atoms with van der Waals surface area (Å²) >= 11 is 0. The van der Waals surface area contributed by atoms with E-state index in [0.717, 1.165) is 13.1 Å². The van der Waals surface area contributed by atoms with Crippen LogP contribution in [-0.4, -0.2) is 38.3 Å². The molecular weight excluding hydrogens is 230 g/mol. The van der Waals surface area contributed by atoms with E-state index in [9.17, 15) is 0 Å². The SMILES string of the molecule is CN1CCOc2cc(C#N)c(C#N)cc2OCC1. The maximum atomic E-state index is 8.97. The quantitative estimate of drug-likeness (QED) is 0.683. The van der Waals surface area contributed by atoms with Gasteiger partial charge in [0.2, 0.25) is 0 Å². The van der Waals surface area contributed by atoms with Crippen LogP contribution >= 0.6 is 0 Å².